The number of nitrogens with zero attached hydrogens (tertiary/aromatic N) is 3. The summed E-state index contributed by atoms with van der Waals surface area (Å²) in [5.74, 6) is -1.80. The normalized spacial score (nSPS) is 11.9. The molecule has 0 fully saturated rings. The summed E-state index contributed by atoms with van der Waals surface area (Å²) in [6.45, 7) is 0. The molecule has 0 saturated carbocycles. The summed E-state index contributed by atoms with van der Waals surface area (Å²) in [6, 6.07) is 40.9. The number of esters is 3. The predicted molar refractivity (Wildman–Crippen MR) is 217 cm³/mol. The number of pyridine rings is 3. The van der Waals surface area contributed by atoms with Gasteiger partial charge in [0.25, 0.3) is 0 Å². The molecular weight excluding hydrogens is 715 g/mol. The van der Waals surface area contributed by atoms with Gasteiger partial charge in [0, 0.05) is 27.1 Å². The standard InChI is InChI=1S/C48H29N3O6/c52-46(55-37-22-31-16-13-28-7-1-4-10-40(28)43(31)49-25-37)34-19-35(47(53)56-38-23-32-17-14-29-8-2-5-11-41(29)44(32)50-26-38)21-36(20-34)48(54)57-39-24-33-18-15-30-9-3-6-12-42(30)45(33)51-27-39/h1-14,16-17,19-27H,15,18H2. The molecule has 1 aliphatic rings. The number of fused-ring (bicyclic) bond motifs is 9. The van der Waals surface area contributed by atoms with Crippen molar-refractivity contribution in [2.75, 3.05) is 0 Å². The highest BCUT2D eigenvalue weighted by Crippen LogP contribution is 2.34. The van der Waals surface area contributed by atoms with Crippen molar-refractivity contribution in [3.63, 3.8) is 0 Å². The Morgan fingerprint density at radius 3 is 1.42 bits per heavy atom. The van der Waals surface area contributed by atoms with Crippen LogP contribution in [0.1, 0.15) is 42.2 Å². The third-order valence-corrected chi connectivity index (χ3v) is 10.3. The van der Waals surface area contributed by atoms with E-state index in [1.165, 1.54) is 42.4 Å². The minimum atomic E-state index is -0.811. The van der Waals surface area contributed by atoms with Crippen LogP contribution in [0.4, 0.5) is 0 Å². The van der Waals surface area contributed by atoms with Gasteiger partial charge in [0.1, 0.15) is 17.2 Å². The number of carbonyl (C=O) groups excluding carboxylic acids is 3. The van der Waals surface area contributed by atoms with Crippen molar-refractivity contribution in [2.45, 2.75) is 12.8 Å². The maximum atomic E-state index is 13.8. The van der Waals surface area contributed by atoms with E-state index in [4.69, 9.17) is 14.2 Å². The second kappa shape index (κ2) is 13.8. The number of ether oxygens (including phenoxy) is 3. The van der Waals surface area contributed by atoms with Crippen LogP contribution >= 0.6 is 0 Å². The van der Waals surface area contributed by atoms with E-state index in [2.05, 4.69) is 21.0 Å². The van der Waals surface area contributed by atoms with Crippen LogP contribution in [0.15, 0.2) is 152 Å². The van der Waals surface area contributed by atoms with Crippen molar-refractivity contribution in [3.05, 3.63) is 180 Å². The highest BCUT2D eigenvalue weighted by Gasteiger charge is 2.23. The molecule has 1 aliphatic carbocycles. The Kier molecular flexibility index (Phi) is 8.18. The topological polar surface area (TPSA) is 118 Å². The molecule has 0 bridgehead atoms. The summed E-state index contributed by atoms with van der Waals surface area (Å²) in [5, 5.41) is 5.57. The monoisotopic (exact) mass is 743 g/mol. The van der Waals surface area contributed by atoms with Gasteiger partial charge in [-0.25, -0.2) is 14.4 Å². The minimum absolute atomic E-state index is 0.0642. The SMILES string of the molecule is O=C(Oc1cnc2c(c1)CCc1ccccc1-2)c1cc(C(=O)Oc2cnc3c(ccc4ccccc43)c2)cc(C(=O)Oc2cnc3c(ccc4ccccc43)c2)c1. The fourth-order valence-electron chi connectivity index (χ4n) is 7.51. The Hall–Kier alpha value is -7.78. The average molecular weight is 744 g/mol. The fourth-order valence-corrected chi connectivity index (χ4v) is 7.51. The van der Waals surface area contributed by atoms with E-state index in [1.54, 1.807) is 18.2 Å². The van der Waals surface area contributed by atoms with E-state index >= 15 is 0 Å². The van der Waals surface area contributed by atoms with Crippen LogP contribution in [0.2, 0.25) is 0 Å². The lowest BCUT2D eigenvalue weighted by molar-refractivity contribution is 0.0734. The second-order valence-electron chi connectivity index (χ2n) is 13.9. The maximum absolute atomic E-state index is 13.8. The quantitative estimate of drug-likeness (QED) is 0.121. The van der Waals surface area contributed by atoms with Gasteiger partial charge in [-0.2, -0.15) is 0 Å². The molecule has 0 unspecified atom stereocenters. The highest BCUT2D eigenvalue weighted by atomic mass is 16.5. The van der Waals surface area contributed by atoms with Crippen LogP contribution in [-0.4, -0.2) is 32.9 Å². The third kappa shape index (κ3) is 6.36. The van der Waals surface area contributed by atoms with E-state index in [0.717, 1.165) is 73.0 Å². The van der Waals surface area contributed by atoms with Gasteiger partial charge in [-0.3, -0.25) is 15.0 Å². The van der Waals surface area contributed by atoms with Gasteiger partial charge >= 0.3 is 17.9 Å². The van der Waals surface area contributed by atoms with E-state index in [1.807, 2.05) is 91.0 Å². The zero-order chi connectivity index (χ0) is 38.5. The second-order valence-corrected chi connectivity index (χ2v) is 13.9. The summed E-state index contributed by atoms with van der Waals surface area (Å²) in [7, 11) is 0. The molecule has 9 heteroatoms. The van der Waals surface area contributed by atoms with Crippen LogP contribution in [0.5, 0.6) is 17.2 Å². The van der Waals surface area contributed by atoms with Crippen LogP contribution in [0.3, 0.4) is 0 Å². The van der Waals surface area contributed by atoms with Crippen molar-refractivity contribution in [1.29, 1.82) is 0 Å². The smallest absolute Gasteiger partial charge is 0.343 e. The molecule has 0 atom stereocenters. The summed E-state index contributed by atoms with van der Waals surface area (Å²) in [5.41, 5.74) is 5.39. The number of carbonyl (C=O) groups is 3. The summed E-state index contributed by atoms with van der Waals surface area (Å²) >= 11 is 0. The molecule has 0 N–H and O–H groups in total. The van der Waals surface area contributed by atoms with Gasteiger partial charge < -0.3 is 14.2 Å². The first-order chi connectivity index (χ1) is 27.9. The molecule has 9 aromatic rings. The lowest BCUT2D eigenvalue weighted by Crippen LogP contribution is -2.17. The highest BCUT2D eigenvalue weighted by molar-refractivity contribution is 6.07. The van der Waals surface area contributed by atoms with Gasteiger partial charge in [0.2, 0.25) is 0 Å². The van der Waals surface area contributed by atoms with Crippen LogP contribution in [0, 0.1) is 0 Å². The first-order valence-corrected chi connectivity index (χ1v) is 18.4. The molecular formula is C48H29N3O6. The average Bonchev–Trinajstić information content (AvgIpc) is 3.25. The van der Waals surface area contributed by atoms with Crippen LogP contribution in [-0.2, 0) is 12.8 Å². The molecule has 0 saturated heterocycles. The fraction of sp³-hybridized carbons (Fsp3) is 0.0417. The molecule has 57 heavy (non-hydrogen) atoms. The molecule has 3 heterocycles. The first kappa shape index (κ1) is 33.8. The lowest BCUT2D eigenvalue weighted by atomic mass is 9.89. The van der Waals surface area contributed by atoms with Crippen molar-refractivity contribution in [1.82, 2.24) is 15.0 Å². The van der Waals surface area contributed by atoms with Crippen molar-refractivity contribution in [3.8, 4) is 28.5 Å². The van der Waals surface area contributed by atoms with E-state index in [9.17, 15) is 14.4 Å². The zero-order valence-electron chi connectivity index (χ0n) is 30.1. The Bertz CT molecular complexity index is 2990. The molecule has 3 aromatic heterocycles. The van der Waals surface area contributed by atoms with E-state index in [-0.39, 0.29) is 33.9 Å². The zero-order valence-corrected chi connectivity index (χ0v) is 30.1. The number of benzene rings is 6. The molecule has 0 radical (unpaired) electrons. The van der Waals surface area contributed by atoms with Gasteiger partial charge in [-0.1, -0.05) is 97.1 Å². The Morgan fingerprint density at radius 2 is 0.860 bits per heavy atom. The Morgan fingerprint density at radius 1 is 0.421 bits per heavy atom. The van der Waals surface area contributed by atoms with E-state index in [0.29, 0.717) is 0 Å². The van der Waals surface area contributed by atoms with E-state index < -0.39 is 17.9 Å². The number of hydrogen-bond acceptors (Lipinski definition) is 9. The molecule has 272 valence electrons. The molecule has 0 spiro atoms. The van der Waals surface area contributed by atoms with Gasteiger partial charge in [0.05, 0.1) is 52.0 Å². The van der Waals surface area contributed by atoms with Crippen molar-refractivity contribution >= 4 is 61.3 Å². The first-order valence-electron chi connectivity index (χ1n) is 18.4. The number of rotatable bonds is 6. The molecule has 0 amide bonds. The third-order valence-electron chi connectivity index (χ3n) is 10.3. The Balaban J connectivity index is 0.967. The molecule has 10 rings (SSSR count). The van der Waals surface area contributed by atoms with Gasteiger partial charge in [-0.05, 0) is 71.1 Å². The molecule has 0 aliphatic heterocycles. The van der Waals surface area contributed by atoms with Crippen LogP contribution < -0.4 is 14.2 Å². The predicted octanol–water partition coefficient (Wildman–Crippen LogP) is 9.91. The Labute approximate surface area is 325 Å². The van der Waals surface area contributed by atoms with Gasteiger partial charge in [0.15, 0.2) is 0 Å². The largest absolute Gasteiger partial charge is 0.421 e. The summed E-state index contributed by atoms with van der Waals surface area (Å²) in [6.07, 6.45) is 6.01. The summed E-state index contributed by atoms with van der Waals surface area (Å²) in [4.78, 5) is 55.1. The lowest BCUT2D eigenvalue weighted by Gasteiger charge is -2.19. The molecule has 6 aromatic carbocycles. The number of aromatic nitrogens is 3. The van der Waals surface area contributed by atoms with Crippen molar-refractivity contribution in [2.24, 2.45) is 0 Å². The number of aryl methyl sites for hydroxylation is 2. The minimum Gasteiger partial charge on any atom is -0.421 e. The maximum Gasteiger partial charge on any atom is 0.343 e. The van der Waals surface area contributed by atoms with Crippen molar-refractivity contribution < 1.29 is 28.6 Å². The number of hydrogen-bond donors (Lipinski definition) is 0. The van der Waals surface area contributed by atoms with Crippen LogP contribution in [0.25, 0.3) is 54.6 Å². The molecule has 9 nitrogen and oxygen atoms in total. The summed E-state index contributed by atoms with van der Waals surface area (Å²) < 4.78 is 17.4. The van der Waals surface area contributed by atoms with Gasteiger partial charge in [-0.15, -0.1) is 0 Å².